The summed E-state index contributed by atoms with van der Waals surface area (Å²) in [6.45, 7) is 0. The van der Waals surface area contributed by atoms with E-state index in [-0.39, 0.29) is 11.9 Å². The highest BCUT2D eigenvalue weighted by Crippen LogP contribution is 2.23. The maximum absolute atomic E-state index is 12.5. The van der Waals surface area contributed by atoms with Gasteiger partial charge >= 0.3 is 0 Å². The van der Waals surface area contributed by atoms with Crippen LogP contribution in [0.25, 0.3) is 0 Å². The van der Waals surface area contributed by atoms with Gasteiger partial charge in [0.2, 0.25) is 11.8 Å². The molecular weight excluding hydrogens is 302 g/mol. The van der Waals surface area contributed by atoms with E-state index in [4.69, 9.17) is 4.74 Å². The first-order valence-electron chi connectivity index (χ1n) is 7.73. The number of nitrogens with one attached hydrogen (secondary N) is 1. The van der Waals surface area contributed by atoms with Crippen molar-refractivity contribution in [2.24, 2.45) is 0 Å². The van der Waals surface area contributed by atoms with E-state index in [0.717, 1.165) is 5.56 Å². The van der Waals surface area contributed by atoms with Gasteiger partial charge in [-0.15, -0.1) is 0 Å². The van der Waals surface area contributed by atoms with Gasteiger partial charge in [-0.1, -0.05) is 30.3 Å². The summed E-state index contributed by atoms with van der Waals surface area (Å²) in [5.74, 6) is 0.451. The molecule has 0 aliphatic heterocycles. The topological polar surface area (TPSA) is 56.1 Å². The van der Waals surface area contributed by atoms with Gasteiger partial charge in [0.15, 0.2) is 0 Å². The van der Waals surface area contributed by atoms with Crippen LogP contribution in [0.15, 0.2) is 73.2 Å². The van der Waals surface area contributed by atoms with Crippen LogP contribution in [-0.4, -0.2) is 22.6 Å². The summed E-state index contributed by atoms with van der Waals surface area (Å²) in [5.41, 5.74) is 1.75. The fourth-order valence-electron chi connectivity index (χ4n) is 2.59. The van der Waals surface area contributed by atoms with Crippen LogP contribution in [0, 0.1) is 0 Å². The number of hydrogen-bond donors (Lipinski definition) is 1. The van der Waals surface area contributed by atoms with Gasteiger partial charge in [0, 0.05) is 18.5 Å². The highest BCUT2D eigenvalue weighted by atomic mass is 16.5. The van der Waals surface area contributed by atoms with Crippen molar-refractivity contribution in [1.82, 2.24) is 9.55 Å². The van der Waals surface area contributed by atoms with Crippen molar-refractivity contribution < 1.29 is 9.53 Å². The average molecular weight is 321 g/mol. The number of methoxy groups -OCH3 is 1. The molecule has 1 atom stereocenters. The van der Waals surface area contributed by atoms with Crippen molar-refractivity contribution in [3.05, 3.63) is 78.8 Å². The molecule has 1 amide bonds. The van der Waals surface area contributed by atoms with Crippen molar-refractivity contribution in [3.63, 3.8) is 0 Å². The molecule has 0 radical (unpaired) electrons. The molecule has 3 rings (SSSR count). The molecule has 2 heterocycles. The largest absolute Gasteiger partial charge is 0.481 e. The second-order valence-electron chi connectivity index (χ2n) is 5.40. The van der Waals surface area contributed by atoms with E-state index in [1.54, 1.807) is 25.4 Å². The lowest BCUT2D eigenvalue weighted by Crippen LogP contribution is -2.19. The SMILES string of the molecule is COc1ccc(NC(=O)CC(c2ccccc2)n2cccc2)cn1. The van der Waals surface area contributed by atoms with Crippen LogP contribution in [0.1, 0.15) is 18.0 Å². The quantitative estimate of drug-likeness (QED) is 0.756. The zero-order valence-electron chi connectivity index (χ0n) is 13.4. The Balaban J connectivity index is 1.73. The number of aromatic nitrogens is 2. The van der Waals surface area contributed by atoms with Gasteiger partial charge in [-0.3, -0.25) is 4.79 Å². The van der Waals surface area contributed by atoms with Gasteiger partial charge < -0.3 is 14.6 Å². The Morgan fingerprint density at radius 3 is 2.50 bits per heavy atom. The summed E-state index contributed by atoms with van der Waals surface area (Å²) in [6.07, 6.45) is 5.87. The molecule has 0 aliphatic rings. The average Bonchev–Trinajstić information content (AvgIpc) is 3.15. The van der Waals surface area contributed by atoms with E-state index in [9.17, 15) is 4.79 Å². The minimum Gasteiger partial charge on any atom is -0.481 e. The highest BCUT2D eigenvalue weighted by molar-refractivity contribution is 5.91. The number of anilines is 1. The maximum atomic E-state index is 12.5. The predicted octanol–water partition coefficient (Wildman–Crippen LogP) is 3.51. The van der Waals surface area contributed by atoms with Gasteiger partial charge in [-0.05, 0) is 23.8 Å². The van der Waals surface area contributed by atoms with Crippen molar-refractivity contribution in [3.8, 4) is 5.88 Å². The Labute approximate surface area is 140 Å². The number of benzene rings is 1. The Morgan fingerprint density at radius 1 is 1.12 bits per heavy atom. The molecule has 5 heteroatoms. The van der Waals surface area contributed by atoms with Crippen LogP contribution in [0.5, 0.6) is 5.88 Å². The van der Waals surface area contributed by atoms with Gasteiger partial charge in [-0.25, -0.2) is 4.98 Å². The molecule has 0 aliphatic carbocycles. The number of ether oxygens (including phenoxy) is 1. The van der Waals surface area contributed by atoms with Crippen molar-refractivity contribution in [2.45, 2.75) is 12.5 Å². The van der Waals surface area contributed by atoms with Crippen LogP contribution >= 0.6 is 0 Å². The van der Waals surface area contributed by atoms with E-state index < -0.39 is 0 Å². The van der Waals surface area contributed by atoms with Crippen molar-refractivity contribution in [2.75, 3.05) is 12.4 Å². The van der Waals surface area contributed by atoms with E-state index in [1.807, 2.05) is 59.4 Å². The summed E-state index contributed by atoms with van der Waals surface area (Å²) in [4.78, 5) is 16.6. The summed E-state index contributed by atoms with van der Waals surface area (Å²) in [5, 5.41) is 2.89. The zero-order chi connectivity index (χ0) is 16.8. The first-order chi connectivity index (χ1) is 11.8. The predicted molar refractivity (Wildman–Crippen MR) is 93.0 cm³/mol. The fourth-order valence-corrected chi connectivity index (χ4v) is 2.59. The lowest BCUT2D eigenvalue weighted by Gasteiger charge is -2.19. The molecule has 1 unspecified atom stereocenters. The molecular formula is C19H19N3O2. The molecule has 5 nitrogen and oxygen atoms in total. The second-order valence-corrected chi connectivity index (χ2v) is 5.40. The van der Waals surface area contributed by atoms with Crippen LogP contribution in [0.3, 0.4) is 0 Å². The second kappa shape index (κ2) is 7.46. The smallest absolute Gasteiger partial charge is 0.226 e. The number of carbonyl (C=O) groups is 1. The normalized spacial score (nSPS) is 11.7. The number of nitrogens with zero attached hydrogens (tertiary/aromatic N) is 2. The summed E-state index contributed by atoms with van der Waals surface area (Å²) >= 11 is 0. The molecule has 1 N–H and O–H groups in total. The van der Waals surface area contributed by atoms with E-state index in [0.29, 0.717) is 18.0 Å². The minimum atomic E-state index is -0.0653. The molecule has 2 aromatic heterocycles. The van der Waals surface area contributed by atoms with Crippen LogP contribution in [0.2, 0.25) is 0 Å². The molecule has 0 saturated heterocycles. The monoisotopic (exact) mass is 321 g/mol. The summed E-state index contributed by atoms with van der Waals surface area (Å²) in [7, 11) is 1.56. The molecule has 24 heavy (non-hydrogen) atoms. The summed E-state index contributed by atoms with van der Waals surface area (Å²) < 4.78 is 7.06. The first kappa shape index (κ1) is 15.8. The van der Waals surface area contributed by atoms with Gasteiger partial charge in [0.05, 0.1) is 31.5 Å². The Hall–Kier alpha value is -3.08. The Bertz CT molecular complexity index is 768. The van der Waals surface area contributed by atoms with Gasteiger partial charge in [0.25, 0.3) is 0 Å². The minimum absolute atomic E-state index is 0.0487. The van der Waals surface area contributed by atoms with E-state index >= 15 is 0 Å². The van der Waals surface area contributed by atoms with Gasteiger partial charge in [-0.2, -0.15) is 0 Å². The highest BCUT2D eigenvalue weighted by Gasteiger charge is 2.17. The van der Waals surface area contributed by atoms with Crippen LogP contribution in [0.4, 0.5) is 5.69 Å². The van der Waals surface area contributed by atoms with E-state index in [1.165, 1.54) is 0 Å². The van der Waals surface area contributed by atoms with Crippen LogP contribution < -0.4 is 10.1 Å². The molecule has 0 saturated carbocycles. The maximum Gasteiger partial charge on any atom is 0.226 e. The Kier molecular flexibility index (Phi) is 4.91. The van der Waals surface area contributed by atoms with Crippen LogP contribution in [-0.2, 0) is 4.79 Å². The lowest BCUT2D eigenvalue weighted by atomic mass is 10.0. The number of rotatable bonds is 6. The molecule has 0 bridgehead atoms. The number of pyridine rings is 1. The zero-order valence-corrected chi connectivity index (χ0v) is 13.4. The molecule has 0 spiro atoms. The molecule has 1 aromatic carbocycles. The first-order valence-corrected chi connectivity index (χ1v) is 7.73. The third kappa shape index (κ3) is 3.81. The molecule has 3 aromatic rings. The number of amides is 1. The standard InChI is InChI=1S/C19H19N3O2/c1-24-19-10-9-16(14-20-19)21-18(23)13-17(22-11-5-6-12-22)15-7-3-2-4-8-15/h2-12,14,17H,13H2,1H3,(H,21,23). The number of carbonyl (C=O) groups excluding carboxylic acids is 1. The third-order valence-corrected chi connectivity index (χ3v) is 3.78. The molecule has 122 valence electrons. The van der Waals surface area contributed by atoms with Gasteiger partial charge in [0.1, 0.15) is 0 Å². The lowest BCUT2D eigenvalue weighted by molar-refractivity contribution is -0.116. The van der Waals surface area contributed by atoms with E-state index in [2.05, 4.69) is 10.3 Å². The number of hydrogen-bond acceptors (Lipinski definition) is 3. The Morgan fingerprint density at radius 2 is 1.88 bits per heavy atom. The molecule has 0 fully saturated rings. The fraction of sp³-hybridized carbons (Fsp3) is 0.158. The third-order valence-electron chi connectivity index (χ3n) is 3.78. The summed E-state index contributed by atoms with van der Waals surface area (Å²) in [6, 6.07) is 17.4. The van der Waals surface area contributed by atoms with Crippen molar-refractivity contribution in [1.29, 1.82) is 0 Å². The van der Waals surface area contributed by atoms with Crippen molar-refractivity contribution >= 4 is 11.6 Å².